The van der Waals surface area contributed by atoms with Gasteiger partial charge in [-0.2, -0.15) is 0 Å². The molecule has 1 heterocycles. The summed E-state index contributed by atoms with van der Waals surface area (Å²) in [5.74, 6) is 0.860. The van der Waals surface area contributed by atoms with E-state index < -0.39 is 0 Å². The van der Waals surface area contributed by atoms with Crippen LogP contribution < -0.4 is 0 Å². The van der Waals surface area contributed by atoms with Crippen molar-refractivity contribution in [3.63, 3.8) is 0 Å². The molecule has 1 aliphatic rings. The molecule has 1 atom stereocenters. The molecule has 0 amide bonds. The van der Waals surface area contributed by atoms with Crippen LogP contribution in [0.15, 0.2) is 22.6 Å². The van der Waals surface area contributed by atoms with Crippen LogP contribution >= 0.6 is 0 Å². The molecule has 1 saturated heterocycles. The molecule has 1 aliphatic heterocycles. The summed E-state index contributed by atoms with van der Waals surface area (Å²) in [5.41, 5.74) is 1.03. The molecule has 4 nitrogen and oxygen atoms in total. The van der Waals surface area contributed by atoms with Crippen LogP contribution in [0.5, 0.6) is 0 Å². The lowest BCUT2D eigenvalue weighted by molar-refractivity contribution is 0.0219. The van der Waals surface area contributed by atoms with Crippen molar-refractivity contribution in [1.29, 1.82) is 0 Å². The van der Waals surface area contributed by atoms with Crippen molar-refractivity contribution in [1.82, 2.24) is 4.90 Å². The number of aliphatic imine (C=N–C) groups is 2. The first-order valence-corrected chi connectivity index (χ1v) is 6.14. The van der Waals surface area contributed by atoms with Crippen molar-refractivity contribution in [2.45, 2.75) is 33.4 Å². The first-order valence-electron chi connectivity index (χ1n) is 6.14. The molecule has 0 N–H and O–H groups in total. The summed E-state index contributed by atoms with van der Waals surface area (Å²) >= 11 is 0. The maximum atomic E-state index is 5.33. The van der Waals surface area contributed by atoms with Crippen LogP contribution in [0.2, 0.25) is 0 Å². The van der Waals surface area contributed by atoms with Gasteiger partial charge in [-0.05, 0) is 20.8 Å². The quantitative estimate of drug-likeness (QED) is 0.426. The second-order valence-corrected chi connectivity index (χ2v) is 4.38. The number of morpholine rings is 1. The lowest BCUT2D eigenvalue weighted by atomic mass is 10.3. The zero-order chi connectivity index (χ0) is 12.7. The standard InChI is InChI=1S/C13H23N3O/c1-5-6-13(14-11(2)3)15-12(4)16-7-9-17-10-8-16/h5,12H,1,6-10H2,2-4H3. The van der Waals surface area contributed by atoms with E-state index in [1.54, 1.807) is 0 Å². The number of hydrogen-bond acceptors (Lipinski definition) is 3. The molecule has 0 aromatic carbocycles. The van der Waals surface area contributed by atoms with E-state index in [0.29, 0.717) is 0 Å². The molecular formula is C13H23N3O. The first-order chi connectivity index (χ1) is 8.13. The monoisotopic (exact) mass is 237 g/mol. The topological polar surface area (TPSA) is 37.2 Å². The van der Waals surface area contributed by atoms with E-state index in [1.807, 2.05) is 19.9 Å². The summed E-state index contributed by atoms with van der Waals surface area (Å²) in [6.07, 6.45) is 2.73. The highest BCUT2D eigenvalue weighted by Crippen LogP contribution is 2.06. The molecule has 96 valence electrons. The summed E-state index contributed by atoms with van der Waals surface area (Å²) in [7, 11) is 0. The maximum Gasteiger partial charge on any atom is 0.128 e. The highest BCUT2D eigenvalue weighted by molar-refractivity contribution is 5.96. The van der Waals surface area contributed by atoms with Crippen molar-refractivity contribution in [2.24, 2.45) is 9.98 Å². The first kappa shape index (κ1) is 14.1. The van der Waals surface area contributed by atoms with E-state index in [0.717, 1.165) is 44.3 Å². The number of hydrogen-bond donors (Lipinski definition) is 0. The molecule has 0 aliphatic carbocycles. The van der Waals surface area contributed by atoms with Gasteiger partial charge in [-0.25, -0.2) is 4.99 Å². The smallest absolute Gasteiger partial charge is 0.128 e. The van der Waals surface area contributed by atoms with Gasteiger partial charge in [0, 0.05) is 25.2 Å². The van der Waals surface area contributed by atoms with Gasteiger partial charge in [-0.1, -0.05) is 6.08 Å². The predicted molar refractivity (Wildman–Crippen MR) is 72.9 cm³/mol. The molecule has 4 heteroatoms. The summed E-state index contributed by atoms with van der Waals surface area (Å²) in [6.45, 7) is 13.3. The summed E-state index contributed by atoms with van der Waals surface area (Å²) in [5, 5.41) is 0. The van der Waals surface area contributed by atoms with Crippen molar-refractivity contribution < 1.29 is 4.74 Å². The number of nitrogens with zero attached hydrogens (tertiary/aromatic N) is 3. The van der Waals surface area contributed by atoms with E-state index in [9.17, 15) is 0 Å². The molecule has 1 unspecified atom stereocenters. The highest BCUT2D eigenvalue weighted by Gasteiger charge is 2.16. The lowest BCUT2D eigenvalue weighted by Gasteiger charge is -2.30. The van der Waals surface area contributed by atoms with Crippen LogP contribution in [0.25, 0.3) is 0 Å². The van der Waals surface area contributed by atoms with Crippen LogP contribution in [-0.2, 0) is 4.74 Å². The molecular weight excluding hydrogens is 214 g/mol. The van der Waals surface area contributed by atoms with Gasteiger partial charge in [0.15, 0.2) is 0 Å². The van der Waals surface area contributed by atoms with Crippen molar-refractivity contribution in [3.05, 3.63) is 12.7 Å². The fraction of sp³-hybridized carbons (Fsp3) is 0.692. The van der Waals surface area contributed by atoms with Gasteiger partial charge in [0.25, 0.3) is 0 Å². The SMILES string of the molecule is C=CCC(N=C(C)C)=NC(C)N1CCOCC1. The molecule has 0 radical (unpaired) electrons. The molecule has 17 heavy (non-hydrogen) atoms. The van der Waals surface area contributed by atoms with E-state index in [4.69, 9.17) is 4.74 Å². The molecule has 0 aromatic heterocycles. The number of amidine groups is 1. The van der Waals surface area contributed by atoms with Gasteiger partial charge in [-0.3, -0.25) is 9.89 Å². The van der Waals surface area contributed by atoms with Gasteiger partial charge in [-0.15, -0.1) is 6.58 Å². The van der Waals surface area contributed by atoms with Crippen LogP contribution in [0.4, 0.5) is 0 Å². The molecule has 0 saturated carbocycles. The van der Waals surface area contributed by atoms with Crippen molar-refractivity contribution in [2.75, 3.05) is 26.3 Å². The van der Waals surface area contributed by atoms with Gasteiger partial charge in [0.1, 0.15) is 12.0 Å². The fourth-order valence-electron chi connectivity index (χ4n) is 1.76. The average molecular weight is 237 g/mol. The van der Waals surface area contributed by atoms with Gasteiger partial charge in [0.2, 0.25) is 0 Å². The third kappa shape index (κ3) is 5.24. The van der Waals surface area contributed by atoms with E-state index in [2.05, 4.69) is 28.4 Å². The fourth-order valence-corrected chi connectivity index (χ4v) is 1.76. The van der Waals surface area contributed by atoms with Crippen molar-refractivity contribution in [3.8, 4) is 0 Å². The molecule has 1 rings (SSSR count). The normalized spacial score (nSPS) is 19.8. The van der Waals surface area contributed by atoms with Crippen LogP contribution in [0.3, 0.4) is 0 Å². The third-order valence-electron chi connectivity index (χ3n) is 2.59. The summed E-state index contributed by atoms with van der Waals surface area (Å²) in [6, 6.07) is 0. The molecule has 0 spiro atoms. The largest absolute Gasteiger partial charge is 0.379 e. The van der Waals surface area contributed by atoms with Gasteiger partial charge in [0.05, 0.1) is 13.2 Å². The van der Waals surface area contributed by atoms with Gasteiger partial charge < -0.3 is 4.74 Å². The van der Waals surface area contributed by atoms with E-state index >= 15 is 0 Å². The molecule has 0 bridgehead atoms. The Bertz CT molecular complexity index is 300. The zero-order valence-corrected chi connectivity index (χ0v) is 11.1. The van der Waals surface area contributed by atoms with Crippen LogP contribution in [0.1, 0.15) is 27.2 Å². The van der Waals surface area contributed by atoms with Crippen LogP contribution in [0, 0.1) is 0 Å². The van der Waals surface area contributed by atoms with Gasteiger partial charge >= 0.3 is 0 Å². The Hall–Kier alpha value is -1.00. The Balaban J connectivity index is 2.66. The molecule has 0 aromatic rings. The Kier molecular flexibility index (Phi) is 6.08. The Labute approximate surface area is 104 Å². The minimum Gasteiger partial charge on any atom is -0.379 e. The Morgan fingerprint density at radius 2 is 2.06 bits per heavy atom. The minimum atomic E-state index is 0.164. The second-order valence-electron chi connectivity index (χ2n) is 4.38. The molecule has 1 fully saturated rings. The van der Waals surface area contributed by atoms with E-state index in [-0.39, 0.29) is 6.17 Å². The van der Waals surface area contributed by atoms with Crippen molar-refractivity contribution >= 4 is 11.5 Å². The minimum absolute atomic E-state index is 0.164. The Morgan fingerprint density at radius 1 is 1.41 bits per heavy atom. The highest BCUT2D eigenvalue weighted by atomic mass is 16.5. The summed E-state index contributed by atoms with van der Waals surface area (Å²) in [4.78, 5) is 11.4. The lowest BCUT2D eigenvalue weighted by Crippen LogP contribution is -2.41. The number of ether oxygens (including phenoxy) is 1. The third-order valence-corrected chi connectivity index (χ3v) is 2.59. The zero-order valence-electron chi connectivity index (χ0n) is 11.1. The van der Waals surface area contributed by atoms with Crippen LogP contribution in [-0.4, -0.2) is 48.9 Å². The average Bonchev–Trinajstić information content (AvgIpc) is 2.29. The van der Waals surface area contributed by atoms with E-state index in [1.165, 1.54) is 0 Å². The number of rotatable bonds is 4. The summed E-state index contributed by atoms with van der Waals surface area (Å²) < 4.78 is 5.33. The maximum absolute atomic E-state index is 5.33. The second kappa shape index (κ2) is 7.35. The Morgan fingerprint density at radius 3 is 2.59 bits per heavy atom. The predicted octanol–water partition coefficient (Wildman–Crippen LogP) is 2.12.